The Balaban J connectivity index is 1.29. The highest BCUT2D eigenvalue weighted by atomic mass is 32.2. The predicted molar refractivity (Wildman–Crippen MR) is 157 cm³/mol. The monoisotopic (exact) mass is 559 g/mol. The molecule has 0 unspecified atom stereocenters. The Bertz CT molecular complexity index is 1390. The molecule has 2 saturated carbocycles. The molecule has 2 aromatic rings. The molecule has 0 amide bonds. The van der Waals surface area contributed by atoms with Gasteiger partial charge in [0.05, 0.1) is 11.5 Å². The van der Waals surface area contributed by atoms with Gasteiger partial charge in [-0.1, -0.05) is 44.2 Å². The average Bonchev–Trinajstić information content (AvgIpc) is 3.71. The summed E-state index contributed by atoms with van der Waals surface area (Å²) in [5, 5.41) is 23.4. The van der Waals surface area contributed by atoms with Gasteiger partial charge in [0.1, 0.15) is 11.7 Å². The number of piperidine rings is 1. The highest BCUT2D eigenvalue weighted by Crippen LogP contribution is 2.78. The zero-order chi connectivity index (χ0) is 27.5. The van der Waals surface area contributed by atoms with Crippen molar-refractivity contribution in [2.24, 2.45) is 16.7 Å². The first-order valence-corrected chi connectivity index (χ1v) is 16.2. The fourth-order valence-electron chi connectivity index (χ4n) is 9.87. The predicted octanol–water partition coefficient (Wildman–Crippen LogP) is 6.02. The second kappa shape index (κ2) is 8.53. The molecule has 7 aliphatic rings. The molecule has 6 heteroatoms. The molecule has 212 valence electrons. The van der Waals surface area contributed by atoms with E-state index in [-0.39, 0.29) is 22.7 Å². The number of hydrogen-bond donors (Lipinski definition) is 2. The number of methoxy groups -OCH3 is 1. The lowest BCUT2D eigenvalue weighted by molar-refractivity contribution is -0.270. The van der Waals surface area contributed by atoms with Crippen LogP contribution in [0.5, 0.6) is 11.5 Å². The molecule has 5 aliphatic carbocycles. The van der Waals surface area contributed by atoms with E-state index in [1.54, 1.807) is 7.11 Å². The van der Waals surface area contributed by atoms with Crippen molar-refractivity contribution >= 4 is 11.8 Å². The highest BCUT2D eigenvalue weighted by molar-refractivity contribution is 7.99. The third-order valence-corrected chi connectivity index (χ3v) is 13.0. The van der Waals surface area contributed by atoms with Crippen molar-refractivity contribution in [2.75, 3.05) is 26.0 Å². The maximum absolute atomic E-state index is 12.3. The van der Waals surface area contributed by atoms with E-state index in [1.165, 1.54) is 28.9 Å². The number of nitrogens with zero attached hydrogens (tertiary/aromatic N) is 1. The fraction of sp³-hybridized carbons (Fsp3) is 0.588. The largest absolute Gasteiger partial charge is 0.504 e. The van der Waals surface area contributed by atoms with E-state index in [0.717, 1.165) is 56.0 Å². The van der Waals surface area contributed by atoms with E-state index in [1.807, 2.05) is 17.8 Å². The molecule has 2 aromatic carbocycles. The molecule has 9 rings (SSSR count). The van der Waals surface area contributed by atoms with E-state index in [0.29, 0.717) is 11.8 Å². The standard InChI is InChI=1S/C34H41NO4S/c1-4-17-40-24-10-7-22(8-11-24)29(37)31(2)20-32-13-14-34(31,38-3)30-33(32)15-16-35(19-21-5-6-21)26(32)18-23-9-12-25(36)28(39-30)27(23)33/h7-14,21,26,29-30,36-37H,4-6,15-20H2,1-3H3/t26-,29-,30-,31-,32-,33+,34+/m1/s1. The Kier molecular flexibility index (Phi) is 5.48. The lowest BCUT2D eigenvalue weighted by atomic mass is 9.33. The number of benzene rings is 2. The van der Waals surface area contributed by atoms with Crippen LogP contribution in [0.1, 0.15) is 68.7 Å². The first-order valence-electron chi connectivity index (χ1n) is 15.3. The van der Waals surface area contributed by atoms with E-state index in [2.05, 4.69) is 61.2 Å². The van der Waals surface area contributed by atoms with E-state index in [9.17, 15) is 10.2 Å². The molecule has 3 fully saturated rings. The number of thioether (sulfide) groups is 1. The van der Waals surface area contributed by atoms with Crippen molar-refractivity contribution < 1.29 is 19.7 Å². The van der Waals surface area contributed by atoms with Gasteiger partial charge in [0.2, 0.25) is 0 Å². The quantitative estimate of drug-likeness (QED) is 0.305. The molecular weight excluding hydrogens is 518 g/mol. The summed E-state index contributed by atoms with van der Waals surface area (Å²) in [6.07, 6.45) is 10.3. The van der Waals surface area contributed by atoms with Crippen molar-refractivity contribution in [1.29, 1.82) is 0 Å². The molecule has 4 bridgehead atoms. The molecular formula is C34H41NO4S. The van der Waals surface area contributed by atoms with Crippen LogP contribution in [0.2, 0.25) is 0 Å². The van der Waals surface area contributed by atoms with Crippen LogP contribution >= 0.6 is 11.8 Å². The third-order valence-electron chi connectivity index (χ3n) is 11.8. The van der Waals surface area contributed by atoms with Gasteiger partial charge in [-0.3, -0.25) is 4.90 Å². The van der Waals surface area contributed by atoms with Gasteiger partial charge < -0.3 is 19.7 Å². The number of likely N-dealkylation sites (tertiary alicyclic amines) is 1. The number of phenolic OH excluding ortho intramolecular Hbond substituents is 1. The maximum Gasteiger partial charge on any atom is 0.165 e. The molecule has 7 atom stereocenters. The van der Waals surface area contributed by atoms with Gasteiger partial charge in [0.25, 0.3) is 0 Å². The topological polar surface area (TPSA) is 62.2 Å². The Morgan fingerprint density at radius 3 is 2.67 bits per heavy atom. The van der Waals surface area contributed by atoms with Crippen LogP contribution in [-0.4, -0.2) is 58.8 Å². The average molecular weight is 560 g/mol. The summed E-state index contributed by atoms with van der Waals surface area (Å²) in [4.78, 5) is 4.01. The number of hydrogen-bond acceptors (Lipinski definition) is 6. The Labute approximate surface area is 241 Å². The van der Waals surface area contributed by atoms with Crippen LogP contribution in [0, 0.1) is 16.7 Å². The van der Waals surface area contributed by atoms with Crippen molar-refractivity contribution in [2.45, 2.75) is 86.5 Å². The summed E-state index contributed by atoms with van der Waals surface area (Å²) < 4.78 is 13.6. The minimum Gasteiger partial charge on any atom is -0.504 e. The van der Waals surface area contributed by atoms with Crippen LogP contribution in [0.15, 0.2) is 53.4 Å². The van der Waals surface area contributed by atoms with Crippen LogP contribution in [0.4, 0.5) is 0 Å². The van der Waals surface area contributed by atoms with Gasteiger partial charge in [0, 0.05) is 41.0 Å². The molecule has 2 N–H and O–H groups in total. The molecule has 0 aromatic heterocycles. The summed E-state index contributed by atoms with van der Waals surface area (Å²) in [6, 6.07) is 12.8. The number of aliphatic hydroxyl groups is 1. The number of aromatic hydroxyl groups is 1. The molecule has 1 saturated heterocycles. The molecule has 5 nitrogen and oxygen atoms in total. The lowest BCUT2D eigenvalue weighted by Gasteiger charge is -2.74. The highest BCUT2D eigenvalue weighted by Gasteiger charge is 2.82. The Morgan fingerprint density at radius 1 is 1.15 bits per heavy atom. The van der Waals surface area contributed by atoms with Crippen LogP contribution < -0.4 is 4.74 Å². The normalized spacial score (nSPS) is 39.2. The minimum atomic E-state index is -0.840. The Morgan fingerprint density at radius 2 is 1.95 bits per heavy atom. The van der Waals surface area contributed by atoms with Gasteiger partial charge in [-0.15, -0.1) is 11.8 Å². The molecule has 2 heterocycles. The fourth-order valence-corrected chi connectivity index (χ4v) is 10.6. The SMILES string of the molecule is CCCSc1ccc([C@@H](O)[C@@]2(C)C[C@@]34C=C[C@]2(OC)[C@@H]2Oc5c(O)ccc6c5[C@@]23CCN(CC2CC2)[C@@H]4C6)cc1. The number of aliphatic hydroxyl groups excluding tert-OH is 1. The van der Waals surface area contributed by atoms with Crippen molar-refractivity contribution in [3.8, 4) is 11.5 Å². The maximum atomic E-state index is 12.3. The number of rotatable bonds is 8. The summed E-state index contributed by atoms with van der Waals surface area (Å²) in [7, 11) is 1.78. The van der Waals surface area contributed by atoms with Crippen molar-refractivity contribution in [3.63, 3.8) is 0 Å². The van der Waals surface area contributed by atoms with E-state index >= 15 is 0 Å². The zero-order valence-corrected chi connectivity index (χ0v) is 24.7. The van der Waals surface area contributed by atoms with Gasteiger partial charge >= 0.3 is 0 Å². The number of phenols is 1. The molecule has 2 aliphatic heterocycles. The third kappa shape index (κ3) is 2.96. The number of ether oxygens (including phenoxy) is 2. The molecule has 40 heavy (non-hydrogen) atoms. The van der Waals surface area contributed by atoms with Crippen LogP contribution in [-0.2, 0) is 16.6 Å². The van der Waals surface area contributed by atoms with Crippen molar-refractivity contribution in [1.82, 2.24) is 4.90 Å². The summed E-state index contributed by atoms with van der Waals surface area (Å²) in [5.74, 6) is 2.79. The minimum absolute atomic E-state index is 0.205. The Hall–Kier alpha value is -1.99. The van der Waals surface area contributed by atoms with Gasteiger partial charge in [-0.2, -0.15) is 0 Å². The van der Waals surface area contributed by atoms with E-state index in [4.69, 9.17) is 9.47 Å². The smallest absolute Gasteiger partial charge is 0.165 e. The van der Waals surface area contributed by atoms with E-state index < -0.39 is 17.1 Å². The lowest BCUT2D eigenvalue weighted by Crippen LogP contribution is -2.81. The first kappa shape index (κ1) is 25.7. The summed E-state index contributed by atoms with van der Waals surface area (Å²) in [5.41, 5.74) is 1.53. The van der Waals surface area contributed by atoms with Gasteiger partial charge in [0.15, 0.2) is 11.5 Å². The first-order chi connectivity index (χ1) is 19.3. The molecule has 2 spiro atoms. The molecule has 0 radical (unpaired) electrons. The van der Waals surface area contributed by atoms with Gasteiger partial charge in [-0.05, 0) is 86.1 Å². The summed E-state index contributed by atoms with van der Waals surface area (Å²) in [6.45, 7) is 6.63. The summed E-state index contributed by atoms with van der Waals surface area (Å²) >= 11 is 1.86. The number of fused-ring (bicyclic) bond motifs is 1. The second-order valence-electron chi connectivity index (χ2n) is 13.6. The van der Waals surface area contributed by atoms with Crippen molar-refractivity contribution in [3.05, 3.63) is 65.2 Å². The second-order valence-corrected chi connectivity index (χ2v) is 14.8. The van der Waals surface area contributed by atoms with Gasteiger partial charge in [-0.25, -0.2) is 0 Å². The zero-order valence-electron chi connectivity index (χ0n) is 23.9. The van der Waals surface area contributed by atoms with Crippen LogP contribution in [0.3, 0.4) is 0 Å². The van der Waals surface area contributed by atoms with Crippen LogP contribution in [0.25, 0.3) is 0 Å².